The highest BCUT2D eigenvalue weighted by Crippen LogP contribution is 2.39. The lowest BCUT2D eigenvalue weighted by atomic mass is 9.74. The van der Waals surface area contributed by atoms with E-state index in [1.165, 1.54) is 30.8 Å². The summed E-state index contributed by atoms with van der Waals surface area (Å²) < 4.78 is 3.89. The normalized spacial score (nSPS) is 33.9. The molecule has 3 atom stereocenters. The van der Waals surface area contributed by atoms with Gasteiger partial charge in [0.15, 0.2) is 0 Å². The summed E-state index contributed by atoms with van der Waals surface area (Å²) in [5.41, 5.74) is 6.27. The molecule has 3 unspecified atom stereocenters. The van der Waals surface area contributed by atoms with Gasteiger partial charge in [-0.15, -0.1) is 5.10 Å². The summed E-state index contributed by atoms with van der Waals surface area (Å²) in [7, 11) is 0. The fourth-order valence-corrected chi connectivity index (χ4v) is 3.45. The molecule has 1 aromatic rings. The first kappa shape index (κ1) is 11.0. The molecule has 0 saturated heterocycles. The van der Waals surface area contributed by atoms with Gasteiger partial charge in [0.2, 0.25) is 0 Å². The first-order valence-electron chi connectivity index (χ1n) is 5.69. The summed E-state index contributed by atoms with van der Waals surface area (Å²) in [5.74, 6) is 2.24. The first-order chi connectivity index (χ1) is 7.16. The maximum atomic E-state index is 6.27. The fourth-order valence-electron chi connectivity index (χ4n) is 2.86. The van der Waals surface area contributed by atoms with Crippen molar-refractivity contribution in [3.63, 3.8) is 0 Å². The quantitative estimate of drug-likeness (QED) is 0.841. The van der Waals surface area contributed by atoms with Crippen molar-refractivity contribution in [3.05, 3.63) is 11.1 Å². The summed E-state index contributed by atoms with van der Waals surface area (Å²) in [4.78, 5) is 1.14. The second-order valence-corrected chi connectivity index (χ2v) is 5.84. The van der Waals surface area contributed by atoms with Gasteiger partial charge >= 0.3 is 0 Å². The minimum absolute atomic E-state index is 0.148. The zero-order chi connectivity index (χ0) is 10.8. The molecule has 1 fully saturated rings. The lowest BCUT2D eigenvalue weighted by Crippen LogP contribution is -2.28. The van der Waals surface area contributed by atoms with E-state index in [1.807, 2.05) is 6.20 Å². The van der Waals surface area contributed by atoms with E-state index in [0.29, 0.717) is 5.92 Å². The molecule has 0 aliphatic heterocycles. The van der Waals surface area contributed by atoms with Gasteiger partial charge in [0.1, 0.15) is 0 Å². The molecular weight excluding hydrogens is 206 g/mol. The van der Waals surface area contributed by atoms with Gasteiger partial charge in [-0.25, -0.2) is 0 Å². The SMILES string of the molecule is CC1CC(C)CC(C(N)c2cnns2)C1. The highest BCUT2D eigenvalue weighted by molar-refractivity contribution is 7.05. The van der Waals surface area contributed by atoms with Gasteiger partial charge in [0, 0.05) is 6.04 Å². The number of hydrogen-bond donors (Lipinski definition) is 1. The largest absolute Gasteiger partial charge is 0.323 e. The van der Waals surface area contributed by atoms with Gasteiger partial charge in [-0.2, -0.15) is 0 Å². The van der Waals surface area contributed by atoms with Crippen LogP contribution in [0, 0.1) is 17.8 Å². The molecule has 4 heteroatoms. The second kappa shape index (κ2) is 4.58. The Morgan fingerprint density at radius 3 is 2.53 bits per heavy atom. The monoisotopic (exact) mass is 225 g/mol. The van der Waals surface area contributed by atoms with Crippen LogP contribution in [0.4, 0.5) is 0 Å². The molecule has 1 saturated carbocycles. The van der Waals surface area contributed by atoms with E-state index in [0.717, 1.165) is 16.7 Å². The number of nitrogens with zero attached hydrogens (tertiary/aromatic N) is 2. The average Bonchev–Trinajstić information content (AvgIpc) is 2.67. The van der Waals surface area contributed by atoms with Crippen molar-refractivity contribution in [2.45, 2.75) is 39.2 Å². The van der Waals surface area contributed by atoms with E-state index in [4.69, 9.17) is 5.73 Å². The van der Waals surface area contributed by atoms with Crippen molar-refractivity contribution < 1.29 is 0 Å². The van der Waals surface area contributed by atoms with Crippen molar-refractivity contribution in [1.29, 1.82) is 0 Å². The van der Waals surface area contributed by atoms with E-state index in [2.05, 4.69) is 23.4 Å². The van der Waals surface area contributed by atoms with Gasteiger partial charge in [0.05, 0.1) is 11.1 Å². The number of aromatic nitrogens is 2. The van der Waals surface area contributed by atoms with Crippen LogP contribution in [0.5, 0.6) is 0 Å². The molecule has 2 rings (SSSR count). The third-order valence-corrected chi connectivity index (χ3v) is 4.19. The first-order valence-corrected chi connectivity index (χ1v) is 6.47. The maximum Gasteiger partial charge on any atom is 0.0669 e. The minimum Gasteiger partial charge on any atom is -0.323 e. The summed E-state index contributed by atoms with van der Waals surface area (Å²) in [6, 6.07) is 0.148. The highest BCUT2D eigenvalue weighted by Gasteiger charge is 2.29. The zero-order valence-electron chi connectivity index (χ0n) is 9.39. The molecule has 3 nitrogen and oxygen atoms in total. The Kier molecular flexibility index (Phi) is 3.36. The molecule has 1 aliphatic rings. The van der Waals surface area contributed by atoms with Gasteiger partial charge in [-0.05, 0) is 48.5 Å². The molecule has 1 heterocycles. The van der Waals surface area contributed by atoms with Gasteiger partial charge < -0.3 is 5.73 Å². The van der Waals surface area contributed by atoms with E-state index >= 15 is 0 Å². The number of rotatable bonds is 2. The Labute approximate surface area is 95.2 Å². The Bertz CT molecular complexity index is 289. The predicted molar refractivity (Wildman–Crippen MR) is 62.5 cm³/mol. The topological polar surface area (TPSA) is 51.8 Å². The van der Waals surface area contributed by atoms with E-state index in [1.54, 1.807) is 0 Å². The molecule has 1 aromatic heterocycles. The Hall–Kier alpha value is -0.480. The van der Waals surface area contributed by atoms with Crippen molar-refractivity contribution in [1.82, 2.24) is 9.59 Å². The van der Waals surface area contributed by atoms with E-state index < -0.39 is 0 Å². The molecule has 0 radical (unpaired) electrons. The van der Waals surface area contributed by atoms with E-state index in [9.17, 15) is 0 Å². The van der Waals surface area contributed by atoms with Crippen LogP contribution in [0.1, 0.15) is 44.0 Å². The molecule has 84 valence electrons. The Morgan fingerprint density at radius 1 is 1.33 bits per heavy atom. The predicted octanol–water partition coefficient (Wildman–Crippen LogP) is 2.61. The lowest BCUT2D eigenvalue weighted by Gasteiger charge is -2.34. The summed E-state index contributed by atoms with van der Waals surface area (Å²) in [6.45, 7) is 4.67. The van der Waals surface area contributed by atoms with Crippen molar-refractivity contribution in [2.75, 3.05) is 0 Å². The highest BCUT2D eigenvalue weighted by atomic mass is 32.1. The summed E-state index contributed by atoms with van der Waals surface area (Å²) in [5, 5.41) is 3.86. The van der Waals surface area contributed by atoms with Crippen LogP contribution in [0.15, 0.2) is 6.20 Å². The minimum atomic E-state index is 0.148. The summed E-state index contributed by atoms with van der Waals surface area (Å²) >= 11 is 1.44. The van der Waals surface area contributed by atoms with Crippen molar-refractivity contribution in [3.8, 4) is 0 Å². The molecule has 0 bridgehead atoms. The lowest BCUT2D eigenvalue weighted by molar-refractivity contribution is 0.194. The Morgan fingerprint density at radius 2 is 2.00 bits per heavy atom. The van der Waals surface area contributed by atoms with Crippen LogP contribution in [0.25, 0.3) is 0 Å². The average molecular weight is 225 g/mol. The molecule has 2 N–H and O–H groups in total. The molecule has 1 aliphatic carbocycles. The smallest absolute Gasteiger partial charge is 0.0669 e. The Balaban J connectivity index is 2.03. The molecule has 0 spiro atoms. The molecule has 0 amide bonds. The third kappa shape index (κ3) is 2.55. The van der Waals surface area contributed by atoms with Gasteiger partial charge in [0.25, 0.3) is 0 Å². The fraction of sp³-hybridized carbons (Fsp3) is 0.818. The van der Waals surface area contributed by atoms with Crippen LogP contribution in [-0.4, -0.2) is 9.59 Å². The van der Waals surface area contributed by atoms with Crippen molar-refractivity contribution >= 4 is 11.5 Å². The van der Waals surface area contributed by atoms with Crippen LogP contribution in [0.3, 0.4) is 0 Å². The standard InChI is InChI=1S/C11H19N3S/c1-7-3-8(2)5-9(4-7)11(12)10-6-13-14-15-10/h6-9,11H,3-5,12H2,1-2H3. The molecular formula is C11H19N3S. The molecule has 15 heavy (non-hydrogen) atoms. The zero-order valence-corrected chi connectivity index (χ0v) is 10.2. The van der Waals surface area contributed by atoms with E-state index in [-0.39, 0.29) is 6.04 Å². The van der Waals surface area contributed by atoms with Crippen molar-refractivity contribution in [2.24, 2.45) is 23.5 Å². The molecule has 0 aromatic carbocycles. The third-order valence-electron chi connectivity index (χ3n) is 3.43. The maximum absolute atomic E-state index is 6.27. The van der Waals surface area contributed by atoms with Crippen LogP contribution in [-0.2, 0) is 0 Å². The number of hydrogen-bond acceptors (Lipinski definition) is 4. The summed E-state index contributed by atoms with van der Waals surface area (Å²) in [6.07, 6.45) is 5.68. The second-order valence-electron chi connectivity index (χ2n) is 5.02. The van der Waals surface area contributed by atoms with Crippen LogP contribution >= 0.6 is 11.5 Å². The van der Waals surface area contributed by atoms with Crippen LogP contribution < -0.4 is 5.73 Å². The number of nitrogens with two attached hydrogens (primary N) is 1. The van der Waals surface area contributed by atoms with Gasteiger partial charge in [-0.1, -0.05) is 18.3 Å². The van der Waals surface area contributed by atoms with Gasteiger partial charge in [-0.3, -0.25) is 0 Å². The van der Waals surface area contributed by atoms with Crippen LogP contribution in [0.2, 0.25) is 0 Å².